The van der Waals surface area contributed by atoms with Gasteiger partial charge in [-0.15, -0.1) is 6.58 Å². The van der Waals surface area contributed by atoms with Crippen LogP contribution in [-0.2, 0) is 11.3 Å². The molecule has 3 atom stereocenters. The number of hydrazine groups is 1. The van der Waals surface area contributed by atoms with Crippen molar-refractivity contribution >= 4 is 5.97 Å². The highest BCUT2D eigenvalue weighted by atomic mass is 16.4. The molecule has 2 rings (SSSR count). The summed E-state index contributed by atoms with van der Waals surface area (Å²) in [5.41, 5.74) is 6.91. The molecule has 1 fully saturated rings. The van der Waals surface area contributed by atoms with E-state index in [4.69, 9.17) is 5.84 Å². The first-order chi connectivity index (χ1) is 19.0. The van der Waals surface area contributed by atoms with Crippen LogP contribution in [0.15, 0.2) is 109 Å². The van der Waals surface area contributed by atoms with Gasteiger partial charge in [0.05, 0.1) is 11.4 Å². The maximum absolute atomic E-state index is 11.3. The lowest BCUT2D eigenvalue weighted by atomic mass is 9.87. The normalized spacial score (nSPS) is 19.2. The maximum atomic E-state index is 11.3. The summed E-state index contributed by atoms with van der Waals surface area (Å²) in [6, 6.07) is 8.39. The highest BCUT2D eigenvalue weighted by molar-refractivity contribution is 5.80. The topological polar surface area (TPSA) is 90.6 Å². The van der Waals surface area contributed by atoms with Crippen molar-refractivity contribution in [2.24, 2.45) is 17.7 Å². The Labute approximate surface area is 242 Å². The van der Waals surface area contributed by atoms with Gasteiger partial charge in [-0.3, -0.25) is 5.01 Å². The first kappa shape index (κ1) is 34.3. The summed E-state index contributed by atoms with van der Waals surface area (Å²) in [5, 5.41) is 17.8. The van der Waals surface area contributed by atoms with Crippen molar-refractivity contribution < 1.29 is 9.90 Å². The Morgan fingerprint density at radius 3 is 2.40 bits per heavy atom. The van der Waals surface area contributed by atoms with Crippen LogP contribution in [0.5, 0.6) is 0 Å². The molecule has 6 nitrogen and oxygen atoms in total. The van der Waals surface area contributed by atoms with Crippen LogP contribution in [0.2, 0.25) is 0 Å². The summed E-state index contributed by atoms with van der Waals surface area (Å²) in [6.07, 6.45) is 9.79. The summed E-state index contributed by atoms with van der Waals surface area (Å²) in [7, 11) is 0. The molecule has 6 heteroatoms. The van der Waals surface area contributed by atoms with Gasteiger partial charge < -0.3 is 15.7 Å². The molecule has 0 aliphatic heterocycles. The number of hydrogen-bond acceptors (Lipinski definition) is 5. The van der Waals surface area contributed by atoms with Crippen LogP contribution >= 0.6 is 0 Å². The molecule has 0 saturated heterocycles. The van der Waals surface area contributed by atoms with Crippen LogP contribution in [0, 0.1) is 18.8 Å². The Kier molecular flexibility index (Phi) is 14.6. The third-order valence-corrected chi connectivity index (χ3v) is 6.91. The average Bonchev–Trinajstić information content (AvgIpc) is 3.33. The molecule has 0 radical (unpaired) electrons. The van der Waals surface area contributed by atoms with E-state index in [1.54, 1.807) is 5.01 Å². The van der Waals surface area contributed by atoms with Crippen molar-refractivity contribution in [1.82, 2.24) is 15.6 Å². The number of allylic oxidation sites excluding steroid dienone is 4. The fourth-order valence-corrected chi connectivity index (χ4v) is 4.87. The van der Waals surface area contributed by atoms with E-state index in [9.17, 15) is 9.90 Å². The van der Waals surface area contributed by atoms with E-state index in [0.717, 1.165) is 41.8 Å². The zero-order valence-electron chi connectivity index (χ0n) is 25.4. The number of carbonyl (C=O) groups is 1. The minimum absolute atomic E-state index is 0.0743. The van der Waals surface area contributed by atoms with Gasteiger partial charge in [0.2, 0.25) is 0 Å². The molecular weight excluding hydrogens is 496 g/mol. The number of benzene rings is 1. The number of aryl methyl sites for hydroxylation is 1. The predicted molar refractivity (Wildman–Crippen MR) is 170 cm³/mol. The van der Waals surface area contributed by atoms with E-state index in [-0.39, 0.29) is 17.9 Å². The number of aliphatic carboxylic acids is 1. The van der Waals surface area contributed by atoms with Crippen LogP contribution in [0.4, 0.5) is 0 Å². The summed E-state index contributed by atoms with van der Waals surface area (Å²) >= 11 is 0. The Hall–Kier alpha value is -3.77. The molecular formula is C34H50N4O2. The quantitative estimate of drug-likeness (QED) is 0.0645. The highest BCUT2D eigenvalue weighted by Crippen LogP contribution is 2.38. The SMILES string of the molecule is C=CC1C(NC(=C/CC)/C(=C/C(=C)C(=C)NCc2cccc(C)c2)N(N)C(=C)C)CCC1/C(C)=C/C(=O)O.CC. The van der Waals surface area contributed by atoms with E-state index in [1.807, 2.05) is 45.9 Å². The predicted octanol–water partition coefficient (Wildman–Crippen LogP) is 7.27. The number of rotatable bonds is 14. The highest BCUT2D eigenvalue weighted by Gasteiger charge is 2.36. The molecule has 1 aliphatic carbocycles. The molecule has 0 bridgehead atoms. The van der Waals surface area contributed by atoms with Crippen LogP contribution in [0.3, 0.4) is 0 Å². The largest absolute Gasteiger partial charge is 0.478 e. The van der Waals surface area contributed by atoms with Gasteiger partial charge in [0, 0.05) is 36.0 Å². The summed E-state index contributed by atoms with van der Waals surface area (Å²) in [5.74, 6) is 5.77. The van der Waals surface area contributed by atoms with E-state index in [2.05, 4.69) is 75.1 Å². The van der Waals surface area contributed by atoms with Crippen molar-refractivity contribution in [3.05, 3.63) is 120 Å². The number of hydrogen-bond donors (Lipinski definition) is 4. The molecule has 0 amide bonds. The monoisotopic (exact) mass is 546 g/mol. The molecule has 1 aromatic rings. The third-order valence-electron chi connectivity index (χ3n) is 6.91. The van der Waals surface area contributed by atoms with Crippen molar-refractivity contribution in [3.8, 4) is 0 Å². The number of nitrogens with one attached hydrogen (secondary N) is 2. The first-order valence-electron chi connectivity index (χ1n) is 14.1. The number of nitrogens with two attached hydrogens (primary N) is 1. The van der Waals surface area contributed by atoms with Crippen molar-refractivity contribution in [3.63, 3.8) is 0 Å². The lowest BCUT2D eigenvalue weighted by molar-refractivity contribution is -0.131. The number of nitrogens with zero attached hydrogens (tertiary/aromatic N) is 1. The number of carboxylic acids is 1. The molecule has 1 saturated carbocycles. The molecule has 5 N–H and O–H groups in total. The van der Waals surface area contributed by atoms with Gasteiger partial charge in [-0.05, 0) is 63.2 Å². The molecule has 0 heterocycles. The molecule has 3 unspecified atom stereocenters. The number of carboxylic acid groups (broad SMARTS) is 1. The molecule has 0 aromatic heterocycles. The smallest absolute Gasteiger partial charge is 0.328 e. The second-order valence-electron chi connectivity index (χ2n) is 9.98. The molecule has 0 spiro atoms. The Morgan fingerprint density at radius 2 is 1.85 bits per heavy atom. The van der Waals surface area contributed by atoms with Crippen LogP contribution in [-0.4, -0.2) is 22.1 Å². The molecule has 40 heavy (non-hydrogen) atoms. The lowest BCUT2D eigenvalue weighted by Crippen LogP contribution is -2.38. The second-order valence-corrected chi connectivity index (χ2v) is 9.98. The Balaban J connectivity index is 0.00000391. The van der Waals surface area contributed by atoms with Crippen LogP contribution in [0.25, 0.3) is 0 Å². The minimum atomic E-state index is -0.923. The summed E-state index contributed by atoms with van der Waals surface area (Å²) in [6.45, 7) is 29.0. The summed E-state index contributed by atoms with van der Waals surface area (Å²) in [4.78, 5) is 11.3. The first-order valence-corrected chi connectivity index (χ1v) is 14.1. The van der Waals surface area contributed by atoms with Crippen molar-refractivity contribution in [2.45, 2.75) is 73.4 Å². The Bertz CT molecular complexity index is 1160. The fraction of sp³-hybridized carbons (Fsp3) is 0.382. The maximum Gasteiger partial charge on any atom is 0.328 e. The van der Waals surface area contributed by atoms with Gasteiger partial charge in [0.1, 0.15) is 0 Å². The van der Waals surface area contributed by atoms with E-state index < -0.39 is 5.97 Å². The minimum Gasteiger partial charge on any atom is -0.478 e. The summed E-state index contributed by atoms with van der Waals surface area (Å²) < 4.78 is 0. The van der Waals surface area contributed by atoms with Gasteiger partial charge >= 0.3 is 5.97 Å². The van der Waals surface area contributed by atoms with Gasteiger partial charge in [-0.1, -0.05) is 88.1 Å². The van der Waals surface area contributed by atoms with Crippen LogP contribution < -0.4 is 16.5 Å². The Morgan fingerprint density at radius 1 is 1.18 bits per heavy atom. The third kappa shape index (κ3) is 10.1. The van der Waals surface area contributed by atoms with Crippen molar-refractivity contribution in [2.75, 3.05) is 0 Å². The van der Waals surface area contributed by atoms with Crippen LogP contribution in [0.1, 0.15) is 65.0 Å². The molecule has 218 valence electrons. The van der Waals surface area contributed by atoms with Gasteiger partial charge in [-0.2, -0.15) is 0 Å². The van der Waals surface area contributed by atoms with Gasteiger partial charge in [-0.25, -0.2) is 10.6 Å². The molecule has 1 aromatic carbocycles. The second kappa shape index (κ2) is 17.0. The van der Waals surface area contributed by atoms with Gasteiger partial charge in [0.15, 0.2) is 0 Å². The average molecular weight is 547 g/mol. The van der Waals surface area contributed by atoms with E-state index in [1.165, 1.54) is 11.6 Å². The van der Waals surface area contributed by atoms with Gasteiger partial charge in [0.25, 0.3) is 0 Å². The zero-order chi connectivity index (χ0) is 30.4. The molecule has 1 aliphatic rings. The van der Waals surface area contributed by atoms with Crippen molar-refractivity contribution in [1.29, 1.82) is 0 Å². The fourth-order valence-electron chi connectivity index (χ4n) is 4.87. The lowest BCUT2D eigenvalue weighted by Gasteiger charge is -2.30. The van der Waals surface area contributed by atoms with E-state index >= 15 is 0 Å². The van der Waals surface area contributed by atoms with E-state index in [0.29, 0.717) is 23.5 Å². The zero-order valence-corrected chi connectivity index (χ0v) is 25.4. The standard InChI is InChI=1S/C32H44N4O2.C2H6/c1-9-12-30(35-29-16-15-28(27(29)10-2)24(7)19-32(37)38)31(36(33)21(3)4)18-23(6)25(8)34-20-26-14-11-13-22(5)17-26;1-2/h10-14,17-19,27-29,34-35H,2-3,6,8-9,15-16,20,33H2,1,4-5,7H3,(H,37,38);1-2H3/b24-19+,30-12+,31-18-;.